The summed E-state index contributed by atoms with van der Waals surface area (Å²) in [6, 6.07) is 22.9. The zero-order valence-electron chi connectivity index (χ0n) is 23.5. The molecule has 0 saturated carbocycles. The van der Waals surface area contributed by atoms with Crippen molar-refractivity contribution in [3.63, 3.8) is 0 Å². The number of fused-ring (bicyclic) bond motifs is 2. The summed E-state index contributed by atoms with van der Waals surface area (Å²) in [5, 5.41) is 58.7. The van der Waals surface area contributed by atoms with Crippen LogP contribution in [0.2, 0.25) is 0 Å². The van der Waals surface area contributed by atoms with E-state index in [9.17, 15) is 57.9 Å². The summed E-state index contributed by atoms with van der Waals surface area (Å²) in [4.78, 5) is 0. The summed E-state index contributed by atoms with van der Waals surface area (Å²) in [5.41, 5.74) is -2.02. The molecule has 0 N–H and O–H groups in total. The zero-order valence-corrected chi connectivity index (χ0v) is 23.5. The highest BCUT2D eigenvalue weighted by molar-refractivity contribution is 6.27. The van der Waals surface area contributed by atoms with Crippen molar-refractivity contribution >= 4 is 33.4 Å². The molecule has 0 aliphatic heterocycles. The maximum absolute atomic E-state index is 13.4. The lowest BCUT2D eigenvalue weighted by Gasteiger charge is -2.16. The smallest absolute Gasteiger partial charge is 0.394 e. The molecule has 0 amide bonds. The van der Waals surface area contributed by atoms with Crippen LogP contribution in [0.25, 0.3) is 33.4 Å². The van der Waals surface area contributed by atoms with Gasteiger partial charge in [-0.2, -0.15) is 31.6 Å². The average molecular weight is 648 g/mol. The van der Waals surface area contributed by atoms with Gasteiger partial charge in [0.2, 0.25) is 11.5 Å². The van der Waals surface area contributed by atoms with Gasteiger partial charge in [0.1, 0.15) is 24.3 Å². The lowest BCUT2D eigenvalue weighted by molar-refractivity contribution is -0.303. The number of nitriles is 6. The Kier molecular flexibility index (Phi) is 7.98. The van der Waals surface area contributed by atoms with Gasteiger partial charge in [-0.15, -0.1) is 26.3 Å². The summed E-state index contributed by atoms with van der Waals surface area (Å²) in [6.07, 6.45) is -10.7. The molecule has 0 bridgehead atoms. The maximum atomic E-state index is 13.4. The summed E-state index contributed by atoms with van der Waals surface area (Å²) in [7, 11) is 0. The van der Waals surface area contributed by atoms with Crippen LogP contribution in [0.15, 0.2) is 72.2 Å². The van der Waals surface area contributed by atoms with Crippen molar-refractivity contribution in [2.45, 2.75) is 12.7 Å². The van der Waals surface area contributed by atoms with E-state index < -0.39 is 35.4 Å². The molecule has 3 aromatic carbocycles. The van der Waals surface area contributed by atoms with Gasteiger partial charge in [0.05, 0.1) is 34.4 Å². The quantitative estimate of drug-likeness (QED) is 0.157. The number of rotatable bonds is 4. The van der Waals surface area contributed by atoms with Crippen molar-refractivity contribution in [2.75, 3.05) is 0 Å². The molecule has 2 aliphatic carbocycles. The monoisotopic (exact) mass is 648 g/mol. The van der Waals surface area contributed by atoms with Gasteiger partial charge in [0, 0.05) is 33.4 Å². The van der Waals surface area contributed by atoms with Gasteiger partial charge in [-0.3, -0.25) is 0 Å². The molecule has 3 aromatic rings. The van der Waals surface area contributed by atoms with Crippen molar-refractivity contribution in [3.8, 4) is 36.4 Å². The lowest BCUT2D eigenvalue weighted by Crippen LogP contribution is -2.13. The average Bonchev–Trinajstić information content (AvgIpc) is 3.56. The SMILES string of the molecule is N#CC1=C(c2cccc(C3=C(C#N)c4cc(C#N)ccc4/C3=C(\C#N)OC(F)(F)F)c2)/C(=C(/C#N)OC(F)(F)F)c2ccc(C#N)cc21. The fourth-order valence-electron chi connectivity index (χ4n) is 5.47. The standard InChI is InChI=1S/C34H10F6N6O2/c35-33(36,37)47-27(15-45)31-21-6-4-17(11-41)8-23(21)25(13-43)29(31)19-2-1-3-20(10-19)30-26(14-44)24-9-18(12-42)5-7-22(24)32(30)28(16-46)48-34(38,39)40/h1-10H/b31-27-,32-28-. The molecule has 0 atom stereocenters. The van der Waals surface area contributed by atoms with Crippen LogP contribution in [0.4, 0.5) is 26.3 Å². The second-order valence-electron chi connectivity index (χ2n) is 9.78. The van der Waals surface area contributed by atoms with Crippen LogP contribution in [0.5, 0.6) is 0 Å². The molecule has 14 heteroatoms. The number of halogens is 6. The molecule has 0 heterocycles. The predicted molar refractivity (Wildman–Crippen MR) is 153 cm³/mol. The minimum absolute atomic E-state index is 0.00522. The Hall–Kier alpha value is -7.26. The summed E-state index contributed by atoms with van der Waals surface area (Å²) in [5.74, 6) is -2.47. The molecule has 0 aromatic heterocycles. The van der Waals surface area contributed by atoms with Gasteiger partial charge in [-0.05, 0) is 52.6 Å². The van der Waals surface area contributed by atoms with E-state index in [-0.39, 0.29) is 66.8 Å². The molecule has 48 heavy (non-hydrogen) atoms. The number of alkyl halides is 6. The van der Waals surface area contributed by atoms with Crippen LogP contribution in [-0.4, -0.2) is 12.7 Å². The number of allylic oxidation sites excluding steroid dienone is 8. The molecule has 0 saturated heterocycles. The third-order valence-electron chi connectivity index (χ3n) is 7.13. The minimum atomic E-state index is -5.33. The first-order chi connectivity index (χ1) is 22.8. The van der Waals surface area contributed by atoms with Crippen molar-refractivity contribution in [2.24, 2.45) is 0 Å². The molecule has 0 radical (unpaired) electrons. The van der Waals surface area contributed by atoms with Gasteiger partial charge < -0.3 is 9.47 Å². The van der Waals surface area contributed by atoms with Crippen LogP contribution in [0.3, 0.4) is 0 Å². The van der Waals surface area contributed by atoms with Crippen molar-refractivity contribution in [1.82, 2.24) is 0 Å². The second-order valence-corrected chi connectivity index (χ2v) is 9.78. The largest absolute Gasteiger partial charge is 0.573 e. The number of nitrogens with zero attached hydrogens (tertiary/aromatic N) is 6. The highest BCUT2D eigenvalue weighted by Gasteiger charge is 2.40. The predicted octanol–water partition coefficient (Wildman–Crippen LogP) is 7.87. The first kappa shape index (κ1) is 32.1. The van der Waals surface area contributed by atoms with E-state index in [1.54, 1.807) is 0 Å². The third-order valence-corrected chi connectivity index (χ3v) is 7.13. The van der Waals surface area contributed by atoms with Gasteiger partial charge in [-0.1, -0.05) is 30.3 Å². The van der Waals surface area contributed by atoms with E-state index in [1.165, 1.54) is 72.8 Å². The first-order valence-electron chi connectivity index (χ1n) is 13.1. The van der Waals surface area contributed by atoms with Crippen LogP contribution in [0.1, 0.15) is 44.5 Å². The fraction of sp³-hybridized carbons (Fsp3) is 0.0588. The van der Waals surface area contributed by atoms with E-state index in [4.69, 9.17) is 0 Å². The third kappa shape index (κ3) is 5.66. The van der Waals surface area contributed by atoms with Crippen LogP contribution < -0.4 is 0 Å². The Morgan fingerprint density at radius 1 is 0.500 bits per heavy atom. The molecule has 0 unspecified atom stereocenters. The zero-order chi connectivity index (χ0) is 35.0. The molecule has 2 aliphatic rings. The molecular weight excluding hydrogens is 638 g/mol. The van der Waals surface area contributed by atoms with Gasteiger partial charge in [-0.25, -0.2) is 0 Å². The van der Waals surface area contributed by atoms with E-state index in [0.29, 0.717) is 0 Å². The Morgan fingerprint density at radius 3 is 1.21 bits per heavy atom. The number of hydrogen-bond acceptors (Lipinski definition) is 8. The van der Waals surface area contributed by atoms with E-state index in [0.717, 1.165) is 0 Å². The van der Waals surface area contributed by atoms with E-state index in [2.05, 4.69) is 9.47 Å². The Morgan fingerprint density at radius 2 is 0.896 bits per heavy atom. The Labute approximate surface area is 266 Å². The van der Waals surface area contributed by atoms with Gasteiger partial charge in [0.25, 0.3) is 0 Å². The van der Waals surface area contributed by atoms with Crippen molar-refractivity contribution < 1.29 is 35.8 Å². The molecular formula is C34H10F6N6O2. The van der Waals surface area contributed by atoms with Crippen LogP contribution >= 0.6 is 0 Å². The van der Waals surface area contributed by atoms with Crippen molar-refractivity contribution in [3.05, 3.63) is 117 Å². The molecule has 5 rings (SSSR count). The maximum Gasteiger partial charge on any atom is 0.573 e. The fourth-order valence-corrected chi connectivity index (χ4v) is 5.47. The first-order valence-corrected chi connectivity index (χ1v) is 13.1. The Bertz CT molecular complexity index is 2180. The number of hydrogen-bond donors (Lipinski definition) is 0. The second kappa shape index (κ2) is 11.9. The van der Waals surface area contributed by atoms with Crippen LogP contribution in [0, 0.1) is 68.0 Å². The normalized spacial score (nSPS) is 15.5. The topological polar surface area (TPSA) is 161 Å². The molecule has 0 fully saturated rings. The molecule has 0 spiro atoms. The van der Waals surface area contributed by atoms with Crippen molar-refractivity contribution in [1.29, 1.82) is 31.6 Å². The summed E-state index contributed by atoms with van der Waals surface area (Å²) < 4.78 is 88.7. The van der Waals surface area contributed by atoms with E-state index in [1.807, 2.05) is 24.3 Å². The molecule has 8 nitrogen and oxygen atoms in total. The number of ether oxygens (including phenoxy) is 2. The van der Waals surface area contributed by atoms with Crippen LogP contribution in [-0.2, 0) is 9.47 Å². The number of benzene rings is 3. The summed E-state index contributed by atoms with van der Waals surface area (Å²) in [6.45, 7) is 0. The highest BCUT2D eigenvalue weighted by atomic mass is 19.4. The highest BCUT2D eigenvalue weighted by Crippen LogP contribution is 2.52. The van der Waals surface area contributed by atoms with E-state index >= 15 is 0 Å². The van der Waals surface area contributed by atoms with Gasteiger partial charge in [0.15, 0.2) is 0 Å². The molecule has 230 valence electrons. The minimum Gasteiger partial charge on any atom is -0.394 e. The Balaban J connectivity index is 1.86. The van der Waals surface area contributed by atoms with Gasteiger partial charge >= 0.3 is 12.7 Å². The lowest BCUT2D eigenvalue weighted by atomic mass is 9.90. The summed E-state index contributed by atoms with van der Waals surface area (Å²) >= 11 is 0.